The molecule has 1 aromatic carbocycles. The maximum absolute atomic E-state index is 5.73. The normalized spacial score (nSPS) is 20.2. The van der Waals surface area contributed by atoms with Gasteiger partial charge in [-0.15, -0.1) is 0 Å². The first-order valence-corrected chi connectivity index (χ1v) is 6.41. The van der Waals surface area contributed by atoms with Crippen molar-refractivity contribution in [2.24, 2.45) is 0 Å². The molecular weight excluding hydrogens is 268 g/mol. The molecule has 0 aliphatic carbocycles. The van der Waals surface area contributed by atoms with Gasteiger partial charge in [0.2, 0.25) is 0 Å². The summed E-state index contributed by atoms with van der Waals surface area (Å²) in [5, 5.41) is 3.40. The number of nitrogen functional groups attached to an aromatic ring is 1. The number of hydrogen-bond donors (Lipinski definition) is 2. The number of ether oxygens (including phenoxy) is 1. The van der Waals surface area contributed by atoms with E-state index < -0.39 is 0 Å². The fraction of sp³-hybridized carbons (Fsp3) is 0.500. The second-order valence-electron chi connectivity index (χ2n) is 4.12. The van der Waals surface area contributed by atoms with E-state index in [1.807, 2.05) is 12.1 Å². The van der Waals surface area contributed by atoms with E-state index in [0.717, 1.165) is 29.9 Å². The lowest BCUT2D eigenvalue weighted by Gasteiger charge is -2.11. The van der Waals surface area contributed by atoms with Crippen LogP contribution in [0, 0.1) is 0 Å². The van der Waals surface area contributed by atoms with Crippen molar-refractivity contribution >= 4 is 21.6 Å². The van der Waals surface area contributed by atoms with Gasteiger partial charge in [-0.2, -0.15) is 0 Å². The number of nitrogens with two attached hydrogens (primary N) is 1. The minimum absolute atomic E-state index is 0.400. The van der Waals surface area contributed by atoms with Gasteiger partial charge >= 0.3 is 0 Å². The van der Waals surface area contributed by atoms with E-state index in [0.29, 0.717) is 6.10 Å². The van der Waals surface area contributed by atoms with Gasteiger partial charge in [0.05, 0.1) is 6.10 Å². The molecule has 0 radical (unpaired) electrons. The zero-order valence-electron chi connectivity index (χ0n) is 9.21. The molecular formula is C12H17BrN2O. The smallest absolute Gasteiger partial charge is 0.0700 e. The molecule has 0 aromatic heterocycles. The van der Waals surface area contributed by atoms with Gasteiger partial charge in [-0.3, -0.25) is 0 Å². The Morgan fingerprint density at radius 3 is 3.06 bits per heavy atom. The summed E-state index contributed by atoms with van der Waals surface area (Å²) in [6.45, 7) is 2.71. The van der Waals surface area contributed by atoms with Crippen molar-refractivity contribution in [1.82, 2.24) is 5.32 Å². The van der Waals surface area contributed by atoms with Crippen LogP contribution in [0.5, 0.6) is 0 Å². The van der Waals surface area contributed by atoms with Crippen LogP contribution in [0.15, 0.2) is 22.7 Å². The average molecular weight is 285 g/mol. The molecule has 3 nitrogen and oxygen atoms in total. The van der Waals surface area contributed by atoms with E-state index in [1.165, 1.54) is 18.4 Å². The van der Waals surface area contributed by atoms with Crippen LogP contribution in [0.4, 0.5) is 5.69 Å². The summed E-state index contributed by atoms with van der Waals surface area (Å²) in [6.07, 6.45) is 2.77. The molecule has 3 N–H and O–H groups in total. The Morgan fingerprint density at radius 2 is 2.38 bits per heavy atom. The highest BCUT2D eigenvalue weighted by Crippen LogP contribution is 2.20. The minimum atomic E-state index is 0.400. The first-order valence-electron chi connectivity index (χ1n) is 5.62. The highest BCUT2D eigenvalue weighted by molar-refractivity contribution is 9.10. The third-order valence-corrected chi connectivity index (χ3v) is 3.48. The largest absolute Gasteiger partial charge is 0.398 e. The van der Waals surface area contributed by atoms with Gasteiger partial charge < -0.3 is 15.8 Å². The maximum atomic E-state index is 5.73. The van der Waals surface area contributed by atoms with Crippen molar-refractivity contribution in [3.8, 4) is 0 Å². The number of nitrogens with one attached hydrogen (secondary N) is 1. The van der Waals surface area contributed by atoms with E-state index in [4.69, 9.17) is 10.5 Å². The molecule has 1 aliphatic rings. The van der Waals surface area contributed by atoms with Gasteiger partial charge in [-0.1, -0.05) is 6.07 Å². The second-order valence-corrected chi connectivity index (χ2v) is 4.98. The zero-order chi connectivity index (χ0) is 11.4. The van der Waals surface area contributed by atoms with Crippen molar-refractivity contribution in [3.05, 3.63) is 28.2 Å². The molecule has 1 atom stereocenters. The Bertz CT molecular complexity index is 351. The van der Waals surface area contributed by atoms with Crippen LogP contribution in [0.1, 0.15) is 18.4 Å². The lowest BCUT2D eigenvalue weighted by molar-refractivity contribution is 0.110. The van der Waals surface area contributed by atoms with E-state index in [-0.39, 0.29) is 0 Å². The predicted molar refractivity (Wildman–Crippen MR) is 69.2 cm³/mol. The molecule has 1 heterocycles. The molecule has 0 bridgehead atoms. The van der Waals surface area contributed by atoms with Crippen LogP contribution in [-0.4, -0.2) is 19.3 Å². The Kier molecular flexibility index (Phi) is 4.21. The maximum Gasteiger partial charge on any atom is 0.0700 e. The van der Waals surface area contributed by atoms with Crippen LogP contribution < -0.4 is 11.1 Å². The van der Waals surface area contributed by atoms with Crippen molar-refractivity contribution in [2.45, 2.75) is 25.5 Å². The van der Waals surface area contributed by atoms with Gasteiger partial charge in [-0.25, -0.2) is 0 Å². The van der Waals surface area contributed by atoms with Crippen LogP contribution in [0.25, 0.3) is 0 Å². The molecule has 0 saturated carbocycles. The van der Waals surface area contributed by atoms with Crippen molar-refractivity contribution in [3.63, 3.8) is 0 Å². The van der Waals surface area contributed by atoms with E-state index in [2.05, 4.69) is 27.3 Å². The number of hydrogen-bond acceptors (Lipinski definition) is 3. The fourth-order valence-electron chi connectivity index (χ4n) is 1.86. The Labute approximate surface area is 104 Å². The number of rotatable bonds is 4. The van der Waals surface area contributed by atoms with Crippen LogP contribution in [0.3, 0.4) is 0 Å². The predicted octanol–water partition coefficient (Wildman–Crippen LogP) is 2.30. The van der Waals surface area contributed by atoms with E-state index in [9.17, 15) is 0 Å². The Morgan fingerprint density at radius 1 is 1.50 bits per heavy atom. The lowest BCUT2D eigenvalue weighted by Crippen LogP contribution is -2.25. The van der Waals surface area contributed by atoms with Crippen LogP contribution >= 0.6 is 15.9 Å². The van der Waals surface area contributed by atoms with Gasteiger partial charge in [0.1, 0.15) is 0 Å². The summed E-state index contributed by atoms with van der Waals surface area (Å²) in [5.74, 6) is 0. The molecule has 2 rings (SSSR count). The molecule has 1 aliphatic heterocycles. The first-order chi connectivity index (χ1) is 7.75. The summed E-state index contributed by atoms with van der Waals surface area (Å²) in [6, 6.07) is 6.02. The molecule has 1 fully saturated rings. The topological polar surface area (TPSA) is 47.3 Å². The van der Waals surface area contributed by atoms with E-state index >= 15 is 0 Å². The SMILES string of the molecule is Nc1ccc(CNCC2CCCO2)cc1Br. The second kappa shape index (κ2) is 5.66. The van der Waals surface area contributed by atoms with Gasteiger partial charge in [0, 0.05) is 29.9 Å². The molecule has 88 valence electrons. The molecule has 1 unspecified atom stereocenters. The number of anilines is 1. The monoisotopic (exact) mass is 284 g/mol. The molecule has 0 spiro atoms. The lowest BCUT2D eigenvalue weighted by atomic mass is 10.2. The first kappa shape index (κ1) is 11.9. The molecule has 1 aromatic rings. The standard InChI is InChI=1S/C12H17BrN2O/c13-11-6-9(3-4-12(11)14)7-15-8-10-2-1-5-16-10/h3-4,6,10,15H,1-2,5,7-8,14H2. The van der Waals surface area contributed by atoms with Gasteiger partial charge in [0.15, 0.2) is 0 Å². The molecule has 0 amide bonds. The fourth-order valence-corrected chi connectivity index (χ4v) is 2.29. The average Bonchev–Trinajstić information content (AvgIpc) is 2.76. The third kappa shape index (κ3) is 3.20. The van der Waals surface area contributed by atoms with Crippen LogP contribution in [0.2, 0.25) is 0 Å². The van der Waals surface area contributed by atoms with Gasteiger partial charge in [0.25, 0.3) is 0 Å². The quantitative estimate of drug-likeness (QED) is 0.834. The third-order valence-electron chi connectivity index (χ3n) is 2.79. The van der Waals surface area contributed by atoms with Crippen molar-refractivity contribution < 1.29 is 4.74 Å². The molecule has 16 heavy (non-hydrogen) atoms. The summed E-state index contributed by atoms with van der Waals surface area (Å²) < 4.78 is 6.50. The van der Waals surface area contributed by atoms with Crippen LogP contribution in [-0.2, 0) is 11.3 Å². The zero-order valence-corrected chi connectivity index (χ0v) is 10.8. The summed E-state index contributed by atoms with van der Waals surface area (Å²) in [7, 11) is 0. The van der Waals surface area contributed by atoms with Gasteiger partial charge in [-0.05, 0) is 46.5 Å². The summed E-state index contributed by atoms with van der Waals surface area (Å²) in [5.41, 5.74) is 7.75. The highest BCUT2D eigenvalue weighted by atomic mass is 79.9. The number of halogens is 1. The Balaban J connectivity index is 1.78. The van der Waals surface area contributed by atoms with Crippen molar-refractivity contribution in [1.29, 1.82) is 0 Å². The van der Waals surface area contributed by atoms with Crippen molar-refractivity contribution in [2.75, 3.05) is 18.9 Å². The molecule has 4 heteroatoms. The highest BCUT2D eigenvalue weighted by Gasteiger charge is 2.14. The summed E-state index contributed by atoms with van der Waals surface area (Å²) >= 11 is 3.43. The Hall–Kier alpha value is -0.580. The molecule has 1 saturated heterocycles. The number of benzene rings is 1. The summed E-state index contributed by atoms with van der Waals surface area (Å²) in [4.78, 5) is 0. The van der Waals surface area contributed by atoms with E-state index in [1.54, 1.807) is 0 Å². The minimum Gasteiger partial charge on any atom is -0.398 e.